The van der Waals surface area contributed by atoms with Crippen molar-refractivity contribution in [2.45, 2.75) is 12.8 Å². The first kappa shape index (κ1) is 15.2. The molecule has 102 valence electrons. The average Bonchev–Trinajstić information content (AvgIpc) is 2.32. The van der Waals surface area contributed by atoms with E-state index < -0.39 is 27.2 Å². The summed E-state index contributed by atoms with van der Waals surface area (Å²) in [5.41, 5.74) is 0.292. The Balaban J connectivity index is 2.74. The Bertz CT molecular complexity index is 494. The van der Waals surface area contributed by atoms with Gasteiger partial charge in [-0.2, -0.15) is 0 Å². The number of halogens is 3. The molecule has 0 N–H and O–H groups in total. The number of alkyl halides is 1. The molecular formula is C11H13ClF2O3S. The summed E-state index contributed by atoms with van der Waals surface area (Å²) < 4.78 is 54.0. The van der Waals surface area contributed by atoms with E-state index in [0.29, 0.717) is 5.56 Å². The van der Waals surface area contributed by atoms with Crippen molar-refractivity contribution in [2.75, 3.05) is 18.1 Å². The first-order valence-corrected chi connectivity index (χ1v) is 7.62. The van der Waals surface area contributed by atoms with Crippen LogP contribution in [0.25, 0.3) is 0 Å². The summed E-state index contributed by atoms with van der Waals surface area (Å²) in [4.78, 5) is 0. The molecule has 1 aromatic carbocycles. The average molecular weight is 299 g/mol. The SMILES string of the molecule is CCS(=O)(=O)CCOc1c(F)cc(CCl)cc1F. The van der Waals surface area contributed by atoms with Crippen molar-refractivity contribution in [3.05, 3.63) is 29.3 Å². The largest absolute Gasteiger partial charge is 0.487 e. The summed E-state index contributed by atoms with van der Waals surface area (Å²) in [7, 11) is -3.22. The van der Waals surface area contributed by atoms with Crippen molar-refractivity contribution in [1.82, 2.24) is 0 Å². The minimum atomic E-state index is -3.22. The van der Waals surface area contributed by atoms with E-state index in [1.807, 2.05) is 0 Å². The Kier molecular flexibility index (Phi) is 5.34. The number of benzene rings is 1. The van der Waals surface area contributed by atoms with Crippen LogP contribution >= 0.6 is 11.6 Å². The van der Waals surface area contributed by atoms with Crippen LogP contribution in [0.5, 0.6) is 5.75 Å². The van der Waals surface area contributed by atoms with Gasteiger partial charge >= 0.3 is 0 Å². The van der Waals surface area contributed by atoms with Crippen LogP contribution in [0, 0.1) is 11.6 Å². The lowest BCUT2D eigenvalue weighted by Gasteiger charge is -2.09. The van der Waals surface area contributed by atoms with Crippen LogP contribution in [0.1, 0.15) is 12.5 Å². The fourth-order valence-corrected chi connectivity index (χ4v) is 2.02. The van der Waals surface area contributed by atoms with Crippen molar-refractivity contribution in [3.63, 3.8) is 0 Å². The monoisotopic (exact) mass is 298 g/mol. The van der Waals surface area contributed by atoms with Crippen molar-refractivity contribution >= 4 is 21.4 Å². The molecule has 0 unspecified atom stereocenters. The smallest absolute Gasteiger partial charge is 0.190 e. The van der Waals surface area contributed by atoms with Gasteiger partial charge < -0.3 is 4.74 Å². The molecule has 0 aromatic heterocycles. The van der Waals surface area contributed by atoms with Gasteiger partial charge in [0.25, 0.3) is 0 Å². The van der Waals surface area contributed by atoms with E-state index in [1.165, 1.54) is 6.92 Å². The summed E-state index contributed by atoms with van der Waals surface area (Å²) >= 11 is 5.45. The molecule has 0 amide bonds. The summed E-state index contributed by atoms with van der Waals surface area (Å²) in [6, 6.07) is 2.11. The molecule has 0 bridgehead atoms. The summed E-state index contributed by atoms with van der Waals surface area (Å²) in [6.07, 6.45) is 0. The van der Waals surface area contributed by atoms with Crippen molar-refractivity contribution in [1.29, 1.82) is 0 Å². The first-order valence-electron chi connectivity index (χ1n) is 5.26. The van der Waals surface area contributed by atoms with E-state index in [-0.39, 0.29) is 24.0 Å². The molecule has 0 radical (unpaired) electrons. The van der Waals surface area contributed by atoms with Gasteiger partial charge in [0, 0.05) is 11.6 Å². The van der Waals surface area contributed by atoms with Gasteiger partial charge in [-0.1, -0.05) is 6.92 Å². The zero-order valence-electron chi connectivity index (χ0n) is 9.75. The Morgan fingerprint density at radius 3 is 2.28 bits per heavy atom. The molecule has 1 rings (SSSR count). The minimum absolute atomic E-state index is 0.0155. The highest BCUT2D eigenvalue weighted by molar-refractivity contribution is 7.91. The highest BCUT2D eigenvalue weighted by atomic mass is 35.5. The Hall–Kier alpha value is -0.880. The van der Waals surface area contributed by atoms with E-state index >= 15 is 0 Å². The molecule has 0 aliphatic heterocycles. The summed E-state index contributed by atoms with van der Waals surface area (Å²) in [6.45, 7) is 1.20. The highest BCUT2D eigenvalue weighted by Gasteiger charge is 2.14. The fraction of sp³-hybridized carbons (Fsp3) is 0.455. The van der Waals surface area contributed by atoms with E-state index in [9.17, 15) is 17.2 Å². The lowest BCUT2D eigenvalue weighted by Crippen LogP contribution is -2.16. The quantitative estimate of drug-likeness (QED) is 0.758. The Labute approximate surface area is 110 Å². The number of hydrogen-bond acceptors (Lipinski definition) is 3. The lowest BCUT2D eigenvalue weighted by molar-refractivity contribution is 0.303. The molecule has 0 aliphatic rings. The normalized spacial score (nSPS) is 11.6. The standard InChI is InChI=1S/C11H13ClF2O3S/c1-2-18(15,16)4-3-17-11-9(13)5-8(7-12)6-10(11)14/h5-6H,2-4,7H2,1H3. The van der Waals surface area contributed by atoms with Crippen LogP contribution in [0.15, 0.2) is 12.1 Å². The summed E-state index contributed by atoms with van der Waals surface area (Å²) in [5.74, 6) is -2.68. The number of hydrogen-bond donors (Lipinski definition) is 0. The second kappa shape index (κ2) is 6.33. The van der Waals surface area contributed by atoms with Gasteiger partial charge in [-0.15, -0.1) is 11.6 Å². The maximum Gasteiger partial charge on any atom is 0.190 e. The second-order valence-electron chi connectivity index (χ2n) is 3.61. The Morgan fingerprint density at radius 1 is 1.28 bits per heavy atom. The fourth-order valence-electron chi connectivity index (χ4n) is 1.24. The molecule has 18 heavy (non-hydrogen) atoms. The van der Waals surface area contributed by atoms with E-state index in [4.69, 9.17) is 16.3 Å². The topological polar surface area (TPSA) is 43.4 Å². The molecule has 0 spiro atoms. The maximum atomic E-state index is 13.4. The molecule has 3 nitrogen and oxygen atoms in total. The number of rotatable bonds is 6. The maximum absolute atomic E-state index is 13.4. The highest BCUT2D eigenvalue weighted by Crippen LogP contribution is 2.24. The van der Waals surface area contributed by atoms with Crippen molar-refractivity contribution in [2.24, 2.45) is 0 Å². The van der Waals surface area contributed by atoms with Crippen molar-refractivity contribution in [3.8, 4) is 5.75 Å². The van der Waals surface area contributed by atoms with Gasteiger partial charge in [0.05, 0.1) is 5.75 Å². The van der Waals surface area contributed by atoms with Gasteiger partial charge in [-0.3, -0.25) is 0 Å². The first-order chi connectivity index (χ1) is 8.39. The molecule has 0 fully saturated rings. The van der Waals surface area contributed by atoms with E-state index in [0.717, 1.165) is 12.1 Å². The third-order valence-corrected chi connectivity index (χ3v) is 4.27. The van der Waals surface area contributed by atoms with Gasteiger partial charge in [-0.25, -0.2) is 17.2 Å². The van der Waals surface area contributed by atoms with Crippen LogP contribution in [-0.2, 0) is 15.7 Å². The zero-order valence-corrected chi connectivity index (χ0v) is 11.3. The van der Waals surface area contributed by atoms with E-state index in [2.05, 4.69) is 0 Å². The third-order valence-electron chi connectivity index (χ3n) is 2.29. The van der Waals surface area contributed by atoms with Gasteiger partial charge in [0.15, 0.2) is 27.2 Å². The predicted octanol–water partition coefficient (Wildman–Crippen LogP) is 2.52. The molecule has 0 aliphatic carbocycles. The second-order valence-corrected chi connectivity index (χ2v) is 6.35. The van der Waals surface area contributed by atoms with Gasteiger partial charge in [0.1, 0.15) is 6.61 Å². The number of sulfone groups is 1. The lowest BCUT2D eigenvalue weighted by atomic mass is 10.2. The molecule has 7 heteroatoms. The van der Waals surface area contributed by atoms with Gasteiger partial charge in [-0.05, 0) is 17.7 Å². The zero-order chi connectivity index (χ0) is 13.8. The van der Waals surface area contributed by atoms with Crippen LogP contribution in [-0.4, -0.2) is 26.5 Å². The summed E-state index contributed by atoms with van der Waals surface area (Å²) in [5, 5.41) is 0. The Morgan fingerprint density at radius 2 is 1.83 bits per heavy atom. The van der Waals surface area contributed by atoms with Crippen LogP contribution < -0.4 is 4.74 Å². The minimum Gasteiger partial charge on any atom is -0.487 e. The van der Waals surface area contributed by atoms with Crippen LogP contribution in [0.4, 0.5) is 8.78 Å². The molecular weight excluding hydrogens is 286 g/mol. The predicted molar refractivity (Wildman–Crippen MR) is 65.7 cm³/mol. The van der Waals surface area contributed by atoms with E-state index in [1.54, 1.807) is 0 Å². The number of ether oxygens (including phenoxy) is 1. The molecule has 0 atom stereocenters. The molecule has 0 saturated heterocycles. The van der Waals surface area contributed by atoms with Gasteiger partial charge in [0.2, 0.25) is 0 Å². The van der Waals surface area contributed by atoms with Crippen molar-refractivity contribution < 1.29 is 21.9 Å². The van der Waals surface area contributed by atoms with Crippen LogP contribution in [0.2, 0.25) is 0 Å². The molecule has 0 saturated carbocycles. The molecule has 0 heterocycles. The third kappa shape index (κ3) is 4.10. The molecule has 1 aromatic rings. The van der Waals surface area contributed by atoms with Crippen LogP contribution in [0.3, 0.4) is 0 Å².